The number of carboxylic acids is 1. The lowest BCUT2D eigenvalue weighted by atomic mass is 10.1. The Morgan fingerprint density at radius 1 is 1.17 bits per heavy atom. The molecular weight excluding hydrogens is 478 g/mol. The van der Waals surface area contributed by atoms with E-state index in [1.165, 1.54) is 18.2 Å². The third kappa shape index (κ3) is 6.30. The molecule has 184 valence electrons. The van der Waals surface area contributed by atoms with Crippen LogP contribution >= 0.6 is 11.6 Å². The number of benzene rings is 2. The number of aryl methyl sites for hydroxylation is 1. The Bertz CT molecular complexity index is 1200. The molecule has 0 aliphatic carbocycles. The van der Waals surface area contributed by atoms with Gasteiger partial charge in [0.25, 0.3) is 5.91 Å². The van der Waals surface area contributed by atoms with E-state index in [0.717, 1.165) is 10.5 Å². The van der Waals surface area contributed by atoms with E-state index in [9.17, 15) is 19.2 Å². The molecule has 0 saturated carbocycles. The normalized spacial score (nSPS) is 14.1. The highest BCUT2D eigenvalue weighted by atomic mass is 35.5. The summed E-state index contributed by atoms with van der Waals surface area (Å²) in [5, 5.41) is 14.1. The lowest BCUT2D eigenvalue weighted by molar-refractivity contribution is -0.139. The third-order valence-corrected chi connectivity index (χ3v) is 5.20. The van der Waals surface area contributed by atoms with Gasteiger partial charge in [0, 0.05) is 5.69 Å². The fourth-order valence-electron chi connectivity index (χ4n) is 3.37. The number of ether oxygens (including phenoxy) is 2. The molecule has 2 aromatic carbocycles. The molecule has 0 spiro atoms. The zero-order valence-electron chi connectivity index (χ0n) is 19.1. The van der Waals surface area contributed by atoms with Crippen LogP contribution in [0.2, 0.25) is 5.02 Å². The maximum absolute atomic E-state index is 12.8. The van der Waals surface area contributed by atoms with Crippen LogP contribution in [0.5, 0.6) is 11.5 Å². The average Bonchev–Trinajstić information content (AvgIpc) is 3.06. The Balaban J connectivity index is 1.77. The lowest BCUT2D eigenvalue weighted by Crippen LogP contribution is -2.38. The molecule has 35 heavy (non-hydrogen) atoms. The van der Waals surface area contributed by atoms with Crippen molar-refractivity contribution in [3.8, 4) is 11.5 Å². The molecule has 0 bridgehead atoms. The van der Waals surface area contributed by atoms with E-state index >= 15 is 0 Å². The Morgan fingerprint density at radius 2 is 1.91 bits per heavy atom. The summed E-state index contributed by atoms with van der Waals surface area (Å²) in [4.78, 5) is 49.3. The van der Waals surface area contributed by atoms with Gasteiger partial charge in [-0.15, -0.1) is 0 Å². The van der Waals surface area contributed by atoms with Crippen molar-refractivity contribution in [2.45, 2.75) is 20.3 Å². The number of carboxylic acid groups (broad SMARTS) is 1. The molecule has 1 fully saturated rings. The van der Waals surface area contributed by atoms with Crippen LogP contribution in [0.25, 0.3) is 6.08 Å². The van der Waals surface area contributed by atoms with Crippen molar-refractivity contribution in [1.82, 2.24) is 10.2 Å². The molecule has 10 nitrogen and oxygen atoms in total. The molecule has 0 radical (unpaired) electrons. The summed E-state index contributed by atoms with van der Waals surface area (Å²) in [6, 6.07) is 9.46. The number of para-hydroxylation sites is 1. The molecule has 4 amide bonds. The molecule has 1 heterocycles. The number of carbonyl (C=O) groups is 4. The number of imide groups is 1. The van der Waals surface area contributed by atoms with Crippen molar-refractivity contribution in [1.29, 1.82) is 0 Å². The van der Waals surface area contributed by atoms with Gasteiger partial charge in [0.1, 0.15) is 12.2 Å². The predicted molar refractivity (Wildman–Crippen MR) is 128 cm³/mol. The van der Waals surface area contributed by atoms with Gasteiger partial charge in [-0.25, -0.2) is 14.5 Å². The summed E-state index contributed by atoms with van der Waals surface area (Å²) in [5.41, 5.74) is 1.88. The minimum Gasteiger partial charge on any atom is -0.490 e. The van der Waals surface area contributed by atoms with E-state index < -0.39 is 37.0 Å². The summed E-state index contributed by atoms with van der Waals surface area (Å²) < 4.78 is 10.7. The average molecular weight is 502 g/mol. The Hall–Kier alpha value is -4.05. The van der Waals surface area contributed by atoms with Gasteiger partial charge in [-0.3, -0.25) is 9.59 Å². The highest BCUT2D eigenvalue weighted by Gasteiger charge is 2.35. The van der Waals surface area contributed by atoms with Crippen molar-refractivity contribution < 1.29 is 33.8 Å². The van der Waals surface area contributed by atoms with Gasteiger partial charge in [-0.2, -0.15) is 0 Å². The van der Waals surface area contributed by atoms with Crippen LogP contribution < -0.4 is 20.1 Å². The van der Waals surface area contributed by atoms with Gasteiger partial charge < -0.3 is 25.2 Å². The van der Waals surface area contributed by atoms with Gasteiger partial charge >= 0.3 is 12.0 Å². The highest BCUT2D eigenvalue weighted by Crippen LogP contribution is 2.37. The largest absolute Gasteiger partial charge is 0.490 e. The van der Waals surface area contributed by atoms with Crippen molar-refractivity contribution in [3.05, 3.63) is 58.2 Å². The SMILES string of the molecule is CCOc1cc(/C=C2/NC(=O)N(CC(=O)Nc3ccccc3CC)C2=O)cc(Cl)c1OCC(=O)O. The Labute approximate surface area is 206 Å². The molecule has 0 unspecified atom stereocenters. The van der Waals surface area contributed by atoms with E-state index in [1.54, 1.807) is 19.1 Å². The predicted octanol–water partition coefficient (Wildman–Crippen LogP) is 3.30. The minimum atomic E-state index is -1.18. The van der Waals surface area contributed by atoms with Gasteiger partial charge in [-0.05, 0) is 48.7 Å². The molecule has 1 saturated heterocycles. The van der Waals surface area contributed by atoms with E-state index in [0.29, 0.717) is 17.7 Å². The summed E-state index contributed by atoms with van der Waals surface area (Å²) in [6.07, 6.45) is 2.08. The van der Waals surface area contributed by atoms with Gasteiger partial charge in [0.05, 0.1) is 11.6 Å². The fourth-order valence-corrected chi connectivity index (χ4v) is 3.65. The Morgan fingerprint density at radius 3 is 2.60 bits per heavy atom. The maximum atomic E-state index is 12.8. The fraction of sp³-hybridized carbons (Fsp3) is 0.250. The maximum Gasteiger partial charge on any atom is 0.341 e. The van der Waals surface area contributed by atoms with E-state index in [1.807, 2.05) is 19.1 Å². The van der Waals surface area contributed by atoms with Crippen LogP contribution in [0.1, 0.15) is 25.0 Å². The van der Waals surface area contributed by atoms with E-state index in [4.69, 9.17) is 26.2 Å². The lowest BCUT2D eigenvalue weighted by Gasteiger charge is -2.14. The standard InChI is InChI=1S/C24H24ClN3O7/c1-3-15-7-5-6-8-17(15)26-20(29)12-28-23(32)18(27-24(28)33)10-14-9-16(25)22(35-13-21(30)31)19(11-14)34-4-2/h5-11H,3-4,12-13H2,1-2H3,(H,26,29)(H,27,33)(H,30,31)/b18-10+. The van der Waals surface area contributed by atoms with Gasteiger partial charge in [-0.1, -0.05) is 36.7 Å². The second-order valence-corrected chi connectivity index (χ2v) is 7.79. The zero-order valence-corrected chi connectivity index (χ0v) is 19.8. The van der Waals surface area contributed by atoms with Crippen LogP contribution in [-0.4, -0.2) is 53.6 Å². The molecule has 3 rings (SSSR count). The van der Waals surface area contributed by atoms with Gasteiger partial charge in [0.2, 0.25) is 5.91 Å². The van der Waals surface area contributed by atoms with Crippen molar-refractivity contribution in [2.24, 2.45) is 0 Å². The first-order valence-corrected chi connectivity index (χ1v) is 11.1. The molecule has 0 atom stereocenters. The smallest absolute Gasteiger partial charge is 0.341 e. The summed E-state index contributed by atoms with van der Waals surface area (Å²) in [7, 11) is 0. The zero-order chi connectivity index (χ0) is 25.5. The summed E-state index contributed by atoms with van der Waals surface area (Å²) >= 11 is 6.24. The number of urea groups is 1. The van der Waals surface area contributed by atoms with E-state index in [2.05, 4.69) is 10.6 Å². The Kier molecular flexibility index (Phi) is 8.32. The van der Waals surface area contributed by atoms with Gasteiger partial charge in [0.15, 0.2) is 18.1 Å². The number of hydrogen-bond donors (Lipinski definition) is 3. The highest BCUT2D eigenvalue weighted by molar-refractivity contribution is 6.32. The first kappa shape index (κ1) is 25.6. The molecular formula is C24H24ClN3O7. The first-order chi connectivity index (χ1) is 16.7. The van der Waals surface area contributed by atoms with Crippen molar-refractivity contribution >= 4 is 47.2 Å². The minimum absolute atomic E-state index is 0.0468. The number of halogens is 1. The second-order valence-electron chi connectivity index (χ2n) is 7.38. The number of hydrogen-bond acceptors (Lipinski definition) is 6. The number of anilines is 1. The number of aliphatic carboxylic acids is 1. The molecule has 1 aliphatic rings. The number of nitrogens with zero attached hydrogens (tertiary/aromatic N) is 1. The van der Waals surface area contributed by atoms with Crippen LogP contribution in [-0.2, 0) is 20.8 Å². The van der Waals surface area contributed by atoms with E-state index in [-0.39, 0.29) is 28.8 Å². The summed E-state index contributed by atoms with van der Waals surface area (Å²) in [5.74, 6) is -2.16. The molecule has 1 aliphatic heterocycles. The number of amides is 4. The monoisotopic (exact) mass is 501 g/mol. The number of carbonyl (C=O) groups excluding carboxylic acids is 3. The molecule has 11 heteroatoms. The molecule has 3 N–H and O–H groups in total. The van der Waals surface area contributed by atoms with Crippen LogP contribution in [0, 0.1) is 0 Å². The number of rotatable bonds is 10. The topological polar surface area (TPSA) is 134 Å². The van der Waals surface area contributed by atoms with Crippen molar-refractivity contribution in [3.63, 3.8) is 0 Å². The van der Waals surface area contributed by atoms with Crippen LogP contribution in [0.15, 0.2) is 42.1 Å². The molecule has 0 aromatic heterocycles. The third-order valence-electron chi connectivity index (χ3n) is 4.92. The van der Waals surface area contributed by atoms with Crippen LogP contribution in [0.4, 0.5) is 10.5 Å². The first-order valence-electron chi connectivity index (χ1n) is 10.8. The second kappa shape index (κ2) is 11.4. The number of nitrogens with one attached hydrogen (secondary N) is 2. The quantitative estimate of drug-likeness (QED) is 0.336. The van der Waals surface area contributed by atoms with Crippen molar-refractivity contribution in [2.75, 3.05) is 25.1 Å². The molecule has 2 aromatic rings. The summed E-state index contributed by atoms with van der Waals surface area (Å²) in [6.45, 7) is 2.84. The van der Waals surface area contributed by atoms with Crippen LogP contribution in [0.3, 0.4) is 0 Å².